The second-order valence-corrected chi connectivity index (χ2v) is 7.21. The normalized spacial score (nSPS) is 11.0. The molecule has 0 amide bonds. The molecule has 0 bridgehead atoms. The van der Waals surface area contributed by atoms with Crippen LogP contribution in [0.2, 0.25) is 0 Å². The van der Waals surface area contributed by atoms with Gasteiger partial charge in [-0.05, 0) is 37.1 Å². The van der Waals surface area contributed by atoms with E-state index in [4.69, 9.17) is 4.74 Å². The molecule has 0 aliphatic rings. The largest absolute Gasteiger partial charge is 0.494 e. The fourth-order valence-electron chi connectivity index (χ4n) is 3.08. The van der Waals surface area contributed by atoms with E-state index < -0.39 is 0 Å². The Hall–Kier alpha value is -1.02. The molecule has 0 heterocycles. The van der Waals surface area contributed by atoms with Crippen LogP contribution in [0.15, 0.2) is 24.3 Å². The van der Waals surface area contributed by atoms with Gasteiger partial charge in [0.25, 0.3) is 0 Å². The highest BCUT2D eigenvalue weighted by Gasteiger charge is 1.98. The van der Waals surface area contributed by atoms with E-state index in [1.54, 1.807) is 0 Å². The average Bonchev–Trinajstić information content (AvgIpc) is 2.63. The zero-order valence-electron chi connectivity index (χ0n) is 16.8. The molecule has 1 aromatic rings. The van der Waals surface area contributed by atoms with Crippen molar-refractivity contribution in [2.45, 2.75) is 97.4 Å². The minimum Gasteiger partial charge on any atom is -0.494 e. The van der Waals surface area contributed by atoms with Gasteiger partial charge in [-0.15, -0.1) is 0 Å². The van der Waals surface area contributed by atoms with Crippen LogP contribution in [0.1, 0.15) is 96.5 Å². The van der Waals surface area contributed by atoms with Gasteiger partial charge >= 0.3 is 0 Å². The fraction of sp³-hybridized carbons (Fsp3) is 0.739. The molecule has 2 nitrogen and oxygen atoms in total. The molecule has 0 aromatic heterocycles. The molecule has 0 aliphatic heterocycles. The standard InChI is InChI=1S/C23H41NO/c1-3-5-7-9-11-13-18-24-21-22-16-15-17-23(20-22)25-19-14-12-10-8-6-4-2/h15-17,20,24H,3-14,18-19,21H2,1-2H3. The lowest BCUT2D eigenvalue weighted by Gasteiger charge is -2.09. The van der Waals surface area contributed by atoms with Gasteiger partial charge in [0.05, 0.1) is 6.61 Å². The van der Waals surface area contributed by atoms with Crippen LogP contribution in [-0.2, 0) is 6.54 Å². The zero-order chi connectivity index (χ0) is 18.0. The summed E-state index contributed by atoms with van der Waals surface area (Å²) in [4.78, 5) is 0. The van der Waals surface area contributed by atoms with Crippen molar-refractivity contribution in [2.24, 2.45) is 0 Å². The van der Waals surface area contributed by atoms with Gasteiger partial charge < -0.3 is 10.1 Å². The molecule has 25 heavy (non-hydrogen) atoms. The molecule has 1 N–H and O–H groups in total. The zero-order valence-corrected chi connectivity index (χ0v) is 16.8. The van der Waals surface area contributed by atoms with Crippen molar-refractivity contribution in [3.05, 3.63) is 29.8 Å². The number of benzene rings is 1. The summed E-state index contributed by atoms with van der Waals surface area (Å²) in [5.74, 6) is 1.02. The van der Waals surface area contributed by atoms with Crippen LogP contribution in [0.4, 0.5) is 0 Å². The van der Waals surface area contributed by atoms with Crippen molar-refractivity contribution in [3.8, 4) is 5.75 Å². The molecular formula is C23H41NO. The van der Waals surface area contributed by atoms with E-state index in [0.29, 0.717) is 0 Å². The molecule has 0 spiro atoms. The number of hydrogen-bond acceptors (Lipinski definition) is 2. The second-order valence-electron chi connectivity index (χ2n) is 7.21. The summed E-state index contributed by atoms with van der Waals surface area (Å²) in [6, 6.07) is 8.56. The quantitative estimate of drug-likeness (QED) is 0.310. The highest BCUT2D eigenvalue weighted by molar-refractivity contribution is 5.28. The summed E-state index contributed by atoms with van der Waals surface area (Å²) in [6.07, 6.45) is 16.0. The van der Waals surface area contributed by atoms with Crippen molar-refractivity contribution in [2.75, 3.05) is 13.2 Å². The highest BCUT2D eigenvalue weighted by atomic mass is 16.5. The van der Waals surface area contributed by atoms with Crippen LogP contribution in [0.3, 0.4) is 0 Å². The first kappa shape index (κ1) is 22.0. The summed E-state index contributed by atoms with van der Waals surface area (Å²) in [6.45, 7) is 7.45. The number of rotatable bonds is 17. The van der Waals surface area contributed by atoms with Crippen molar-refractivity contribution in [1.82, 2.24) is 5.32 Å². The van der Waals surface area contributed by atoms with E-state index in [2.05, 4.69) is 43.4 Å². The number of hydrogen-bond donors (Lipinski definition) is 1. The molecule has 2 heteroatoms. The maximum atomic E-state index is 5.91. The molecule has 0 saturated carbocycles. The van der Waals surface area contributed by atoms with Crippen LogP contribution in [0.25, 0.3) is 0 Å². The molecule has 1 rings (SSSR count). The molecule has 0 radical (unpaired) electrons. The Bertz CT molecular complexity index is 405. The summed E-state index contributed by atoms with van der Waals surface area (Å²) < 4.78 is 5.91. The van der Waals surface area contributed by atoms with E-state index in [-0.39, 0.29) is 0 Å². The van der Waals surface area contributed by atoms with Gasteiger partial charge in [-0.2, -0.15) is 0 Å². The molecule has 0 aliphatic carbocycles. The minimum absolute atomic E-state index is 0.848. The number of nitrogens with one attached hydrogen (secondary N) is 1. The minimum atomic E-state index is 0.848. The Morgan fingerprint density at radius 3 is 2.12 bits per heavy atom. The van der Waals surface area contributed by atoms with E-state index >= 15 is 0 Å². The van der Waals surface area contributed by atoms with Crippen molar-refractivity contribution in [1.29, 1.82) is 0 Å². The maximum Gasteiger partial charge on any atom is 0.119 e. The summed E-state index contributed by atoms with van der Waals surface area (Å²) in [7, 11) is 0. The van der Waals surface area contributed by atoms with Gasteiger partial charge in [-0.25, -0.2) is 0 Å². The molecular weight excluding hydrogens is 306 g/mol. The van der Waals surface area contributed by atoms with Crippen LogP contribution in [0.5, 0.6) is 5.75 Å². The first-order valence-corrected chi connectivity index (χ1v) is 10.8. The van der Waals surface area contributed by atoms with Crippen LogP contribution >= 0.6 is 0 Å². The predicted octanol–water partition coefficient (Wildman–Crippen LogP) is 6.88. The topological polar surface area (TPSA) is 21.3 Å². The van der Waals surface area contributed by atoms with Gasteiger partial charge in [0.15, 0.2) is 0 Å². The van der Waals surface area contributed by atoms with Gasteiger partial charge in [0.2, 0.25) is 0 Å². The third kappa shape index (κ3) is 12.9. The lowest BCUT2D eigenvalue weighted by molar-refractivity contribution is 0.304. The Labute approximate surface area is 156 Å². The van der Waals surface area contributed by atoms with Crippen molar-refractivity contribution in [3.63, 3.8) is 0 Å². The number of unbranched alkanes of at least 4 members (excludes halogenated alkanes) is 10. The van der Waals surface area contributed by atoms with Gasteiger partial charge in [0.1, 0.15) is 5.75 Å². The summed E-state index contributed by atoms with van der Waals surface area (Å²) in [5.41, 5.74) is 1.33. The molecule has 0 unspecified atom stereocenters. The average molecular weight is 348 g/mol. The highest BCUT2D eigenvalue weighted by Crippen LogP contribution is 2.14. The Kier molecular flexibility index (Phi) is 14.5. The van der Waals surface area contributed by atoms with E-state index in [9.17, 15) is 0 Å². The third-order valence-corrected chi connectivity index (χ3v) is 4.70. The maximum absolute atomic E-state index is 5.91. The first-order chi connectivity index (χ1) is 12.4. The van der Waals surface area contributed by atoms with Gasteiger partial charge in [-0.3, -0.25) is 0 Å². The molecule has 0 saturated heterocycles. The third-order valence-electron chi connectivity index (χ3n) is 4.70. The smallest absolute Gasteiger partial charge is 0.119 e. The Morgan fingerprint density at radius 1 is 0.760 bits per heavy atom. The lowest BCUT2D eigenvalue weighted by atomic mass is 10.1. The fourth-order valence-corrected chi connectivity index (χ4v) is 3.08. The first-order valence-electron chi connectivity index (χ1n) is 10.8. The Balaban J connectivity index is 2.05. The predicted molar refractivity (Wildman–Crippen MR) is 110 cm³/mol. The van der Waals surface area contributed by atoms with Crippen LogP contribution < -0.4 is 10.1 Å². The molecule has 0 fully saturated rings. The van der Waals surface area contributed by atoms with E-state index in [0.717, 1.165) is 25.4 Å². The van der Waals surface area contributed by atoms with Crippen LogP contribution in [-0.4, -0.2) is 13.2 Å². The van der Waals surface area contributed by atoms with E-state index in [1.165, 1.54) is 82.6 Å². The van der Waals surface area contributed by atoms with Gasteiger partial charge in [-0.1, -0.05) is 90.2 Å². The number of ether oxygens (including phenoxy) is 1. The monoisotopic (exact) mass is 347 g/mol. The lowest BCUT2D eigenvalue weighted by Crippen LogP contribution is -2.14. The Morgan fingerprint density at radius 2 is 1.40 bits per heavy atom. The molecule has 0 atom stereocenters. The molecule has 1 aromatic carbocycles. The van der Waals surface area contributed by atoms with E-state index in [1.807, 2.05) is 0 Å². The summed E-state index contributed by atoms with van der Waals surface area (Å²) >= 11 is 0. The van der Waals surface area contributed by atoms with Gasteiger partial charge in [0, 0.05) is 6.54 Å². The van der Waals surface area contributed by atoms with Crippen molar-refractivity contribution >= 4 is 0 Å². The van der Waals surface area contributed by atoms with Crippen molar-refractivity contribution < 1.29 is 4.74 Å². The summed E-state index contributed by atoms with van der Waals surface area (Å²) in [5, 5.41) is 3.56. The second kappa shape index (κ2) is 16.4. The van der Waals surface area contributed by atoms with Crippen LogP contribution in [0, 0.1) is 0 Å². The SMILES string of the molecule is CCCCCCCCNCc1cccc(OCCCCCCCC)c1. The molecule has 144 valence electrons.